The second-order valence-corrected chi connectivity index (χ2v) is 7.41. The molecule has 3 rings (SSSR count). The van der Waals surface area contributed by atoms with Crippen LogP contribution in [-0.2, 0) is 4.74 Å². The van der Waals surface area contributed by atoms with Crippen molar-refractivity contribution < 1.29 is 23.0 Å². The molecular weight excluding hydrogens is 408 g/mol. The lowest BCUT2D eigenvalue weighted by molar-refractivity contribution is 0.0505. The van der Waals surface area contributed by atoms with E-state index in [-0.39, 0.29) is 29.8 Å². The van der Waals surface area contributed by atoms with Gasteiger partial charge in [0.1, 0.15) is 29.9 Å². The molecule has 1 amide bonds. The minimum absolute atomic E-state index is 0.144. The van der Waals surface area contributed by atoms with Gasteiger partial charge in [-0.1, -0.05) is 0 Å². The van der Waals surface area contributed by atoms with Crippen molar-refractivity contribution in [1.82, 2.24) is 14.9 Å². The van der Waals surface area contributed by atoms with E-state index in [0.717, 1.165) is 12.1 Å². The normalized spacial score (nSPS) is 14.3. The zero-order valence-electron chi connectivity index (χ0n) is 17.5. The third kappa shape index (κ3) is 5.36. The molecule has 1 saturated heterocycles. The van der Waals surface area contributed by atoms with Crippen molar-refractivity contribution in [3.05, 3.63) is 47.1 Å². The fourth-order valence-electron chi connectivity index (χ4n) is 3.11. The summed E-state index contributed by atoms with van der Waals surface area (Å²) in [6, 6.07) is 1.74. The van der Waals surface area contributed by atoms with Gasteiger partial charge in [-0.25, -0.2) is 28.4 Å². The first kappa shape index (κ1) is 22.2. The lowest BCUT2D eigenvalue weighted by Crippen LogP contribution is -2.42. The van der Waals surface area contributed by atoms with Gasteiger partial charge >= 0.3 is 6.09 Å². The monoisotopic (exact) mass is 431 g/mol. The fraction of sp³-hybridized carbons (Fsp3) is 0.429. The molecule has 0 saturated carbocycles. The number of hydrogen-bond acceptors (Lipinski definition) is 6. The average Bonchev–Trinajstić information content (AvgIpc) is 2.73. The van der Waals surface area contributed by atoms with Crippen molar-refractivity contribution in [2.24, 2.45) is 0 Å². The van der Waals surface area contributed by atoms with Crippen molar-refractivity contribution >= 4 is 23.3 Å². The smallest absolute Gasteiger partial charge is 0.410 e. The number of anilines is 2. The Bertz CT molecular complexity index is 1000. The molecule has 1 aliphatic heterocycles. The third-order valence-electron chi connectivity index (χ3n) is 4.76. The molecule has 10 heteroatoms. The highest BCUT2D eigenvalue weighted by atomic mass is 19.1. The number of ether oxygens (including phenoxy) is 2. The van der Waals surface area contributed by atoms with Crippen LogP contribution in [0.2, 0.25) is 0 Å². The Morgan fingerprint density at radius 1 is 1.26 bits per heavy atom. The highest BCUT2D eigenvalue weighted by Crippen LogP contribution is 2.30. The van der Waals surface area contributed by atoms with Gasteiger partial charge in [0.2, 0.25) is 11.6 Å². The molecule has 1 aliphatic rings. The molecule has 31 heavy (non-hydrogen) atoms. The van der Waals surface area contributed by atoms with Gasteiger partial charge in [-0.3, -0.25) is 0 Å². The van der Waals surface area contributed by atoms with Crippen LogP contribution < -0.4 is 10.1 Å². The molecular formula is C21H23F2N5O3. The van der Waals surface area contributed by atoms with E-state index in [2.05, 4.69) is 20.1 Å². The molecule has 0 radical (unpaired) electrons. The number of amides is 1. The zero-order chi connectivity index (χ0) is 22.5. The summed E-state index contributed by atoms with van der Waals surface area (Å²) in [5.41, 5.74) is -0.0112. The van der Waals surface area contributed by atoms with E-state index < -0.39 is 17.3 Å². The number of nitrogens with zero attached hydrogens (tertiary/aromatic N) is 4. The van der Waals surface area contributed by atoms with Crippen molar-refractivity contribution in [1.29, 1.82) is 0 Å². The Morgan fingerprint density at radius 2 is 1.97 bits per heavy atom. The van der Waals surface area contributed by atoms with Gasteiger partial charge in [0, 0.05) is 25.9 Å². The second-order valence-electron chi connectivity index (χ2n) is 7.41. The zero-order valence-corrected chi connectivity index (χ0v) is 17.5. The minimum atomic E-state index is -0.829. The lowest BCUT2D eigenvalue weighted by Gasteiger charge is -2.32. The van der Waals surface area contributed by atoms with Crippen molar-refractivity contribution in [3.8, 4) is 5.88 Å². The van der Waals surface area contributed by atoms with Gasteiger partial charge in [0.05, 0.1) is 23.9 Å². The topological polar surface area (TPSA) is 80.9 Å². The molecule has 1 N–H and O–H groups in total. The fourth-order valence-corrected chi connectivity index (χ4v) is 3.11. The van der Waals surface area contributed by atoms with E-state index in [0.29, 0.717) is 37.4 Å². The quantitative estimate of drug-likeness (QED) is 0.689. The summed E-state index contributed by atoms with van der Waals surface area (Å²) in [4.78, 5) is 24.8. The van der Waals surface area contributed by atoms with Crippen LogP contribution in [0.3, 0.4) is 0 Å². The van der Waals surface area contributed by atoms with Crippen LogP contribution in [0.15, 0.2) is 18.5 Å². The van der Waals surface area contributed by atoms with E-state index in [1.165, 1.54) is 6.33 Å². The Hall–Kier alpha value is -3.48. The number of carbonyl (C=O) groups is 1. The molecule has 0 spiro atoms. The molecule has 0 aliphatic carbocycles. The maximum absolute atomic E-state index is 14.2. The van der Waals surface area contributed by atoms with Gasteiger partial charge in [-0.15, -0.1) is 0 Å². The Labute approximate surface area is 179 Å². The molecule has 1 fully saturated rings. The van der Waals surface area contributed by atoms with Gasteiger partial charge in [-0.2, -0.15) is 0 Å². The van der Waals surface area contributed by atoms with Crippen LogP contribution >= 0.6 is 0 Å². The summed E-state index contributed by atoms with van der Waals surface area (Å²) >= 11 is 0. The molecule has 2 aromatic rings. The summed E-state index contributed by atoms with van der Waals surface area (Å²) in [6.45, 7) is 13.2. The predicted molar refractivity (Wildman–Crippen MR) is 110 cm³/mol. The summed E-state index contributed by atoms with van der Waals surface area (Å²) in [7, 11) is 0. The first-order valence-electron chi connectivity index (χ1n) is 9.85. The van der Waals surface area contributed by atoms with Crippen molar-refractivity contribution in [2.45, 2.75) is 45.8 Å². The van der Waals surface area contributed by atoms with E-state index in [1.54, 1.807) is 25.7 Å². The van der Waals surface area contributed by atoms with E-state index in [1.807, 2.05) is 0 Å². The number of piperidine rings is 1. The summed E-state index contributed by atoms with van der Waals surface area (Å²) in [5, 5.41) is 2.73. The number of rotatable bonds is 5. The standard InChI is InChI=1S/C21H23F2N5O3/c1-12(2)30-21(29)28-7-5-14(6-8-28)31-20-13(3)19(25-11-26-20)27-18-10-15(22)17(24-4)9-16(18)23/h9-12,14H,5-8H2,1-3H3,(H,25,26,27). The summed E-state index contributed by atoms with van der Waals surface area (Å²) in [5.74, 6) is -1.02. The average molecular weight is 431 g/mol. The molecule has 0 bridgehead atoms. The van der Waals surface area contributed by atoms with Crippen molar-refractivity contribution in [2.75, 3.05) is 18.4 Å². The van der Waals surface area contributed by atoms with Crippen LogP contribution in [0.25, 0.3) is 4.85 Å². The highest BCUT2D eigenvalue weighted by Gasteiger charge is 2.26. The molecule has 0 atom stereocenters. The Kier molecular flexibility index (Phi) is 6.84. The van der Waals surface area contributed by atoms with E-state index >= 15 is 0 Å². The first-order chi connectivity index (χ1) is 14.8. The molecule has 164 valence electrons. The summed E-state index contributed by atoms with van der Waals surface area (Å²) in [6.07, 6.45) is 1.82. The minimum Gasteiger partial charge on any atom is -0.474 e. The second kappa shape index (κ2) is 9.55. The number of nitrogens with one attached hydrogen (secondary N) is 1. The Morgan fingerprint density at radius 3 is 2.61 bits per heavy atom. The number of aromatic nitrogens is 2. The molecule has 1 aromatic heterocycles. The molecule has 2 heterocycles. The van der Waals surface area contributed by atoms with E-state index in [4.69, 9.17) is 16.0 Å². The molecule has 0 unspecified atom stereocenters. The number of hydrogen-bond donors (Lipinski definition) is 1. The Balaban J connectivity index is 1.66. The number of halogens is 2. The van der Waals surface area contributed by atoms with E-state index in [9.17, 15) is 13.6 Å². The van der Waals surface area contributed by atoms with Crippen LogP contribution in [-0.4, -0.2) is 46.3 Å². The number of benzene rings is 1. The number of carbonyl (C=O) groups excluding carboxylic acids is 1. The largest absolute Gasteiger partial charge is 0.474 e. The highest BCUT2D eigenvalue weighted by molar-refractivity contribution is 5.68. The molecule has 8 nitrogen and oxygen atoms in total. The predicted octanol–water partition coefficient (Wildman–Crippen LogP) is 4.75. The van der Waals surface area contributed by atoms with Gasteiger partial charge in [0.25, 0.3) is 0 Å². The van der Waals surface area contributed by atoms with Crippen LogP contribution in [0.5, 0.6) is 5.88 Å². The SMILES string of the molecule is [C-]#[N+]c1cc(F)c(Nc2ncnc(OC3CCN(C(=O)OC(C)C)CC3)c2C)cc1F. The van der Waals surface area contributed by atoms with Crippen LogP contribution in [0, 0.1) is 25.1 Å². The first-order valence-corrected chi connectivity index (χ1v) is 9.85. The maximum atomic E-state index is 14.2. The van der Waals surface area contributed by atoms with Gasteiger partial charge < -0.3 is 19.7 Å². The maximum Gasteiger partial charge on any atom is 0.410 e. The summed E-state index contributed by atoms with van der Waals surface area (Å²) < 4.78 is 39.3. The number of likely N-dealkylation sites (tertiary alicyclic amines) is 1. The van der Waals surface area contributed by atoms with Crippen molar-refractivity contribution in [3.63, 3.8) is 0 Å². The third-order valence-corrected chi connectivity index (χ3v) is 4.76. The van der Waals surface area contributed by atoms with Gasteiger partial charge in [0.15, 0.2) is 0 Å². The van der Waals surface area contributed by atoms with Gasteiger partial charge in [-0.05, 0) is 32.9 Å². The molecule has 1 aromatic carbocycles. The van der Waals surface area contributed by atoms with Crippen LogP contribution in [0.4, 0.5) is 30.8 Å². The van der Waals surface area contributed by atoms with Crippen LogP contribution in [0.1, 0.15) is 32.3 Å². The lowest BCUT2D eigenvalue weighted by atomic mass is 10.1.